The Morgan fingerprint density at radius 1 is 0.722 bits per heavy atom. The van der Waals surface area contributed by atoms with Crippen molar-refractivity contribution in [2.24, 2.45) is 35.0 Å². The summed E-state index contributed by atoms with van der Waals surface area (Å²) in [6.45, 7) is 7.75. The number of hydrogen-bond acceptors (Lipinski definition) is 21. The van der Waals surface area contributed by atoms with Crippen molar-refractivity contribution in [2.45, 2.75) is 164 Å². The van der Waals surface area contributed by atoms with E-state index in [1.165, 1.54) is 35.3 Å². The number of carboxylic acids is 1. The highest BCUT2D eigenvalue weighted by atomic mass is 32.2. The standard InChI is InChI=1S/C68H105N11O15S3/c1-3-4-6-14-53(81)35-50-43-96-41-48-31-47(40-95-30-11-15-54(82)39-94-29-28-93-27-24-74-62(85)52(37-72-22-20-69)38-73-23-21-70)32-49(33-48)42-97-44-51(68(91)92)36-59(83)56(34-46-12-7-5-8-13-46)76-63(86)55(18-19-60(71)84)75-65(88)61(45(2)80)77-64(87)57-16-9-25-78(57)67(90)58-17-10-26-79(58)66(50)89/h5,7-8,12-13,31-33,45,50-52,55-58,61,72-73,80H,3-4,6,9-11,14-30,34-44,69-70H2,1-2H3,(H2,71,84)(H,74,85)(H,75,88)(H,76,86)(H,77,87)(H,91,92)/t45-,50+,51+,55+,56+,57+,58+,61+/m1/s1. The first-order valence-corrected chi connectivity index (χ1v) is 37.6. The molecule has 26 nitrogen and oxygen atoms in total. The van der Waals surface area contributed by atoms with Crippen molar-refractivity contribution < 1.29 is 72.4 Å². The molecule has 7 amide bonds. The van der Waals surface area contributed by atoms with Gasteiger partial charge in [0.05, 0.1) is 49.7 Å². The fourth-order valence-corrected chi connectivity index (χ4v) is 14.8. The van der Waals surface area contributed by atoms with Crippen molar-refractivity contribution in [3.05, 3.63) is 70.8 Å². The van der Waals surface area contributed by atoms with Crippen LogP contribution < -0.4 is 49.1 Å². The van der Waals surface area contributed by atoms with Gasteiger partial charge in [0.15, 0.2) is 11.6 Å². The van der Waals surface area contributed by atoms with Gasteiger partial charge in [-0.1, -0.05) is 68.3 Å². The first-order valence-electron chi connectivity index (χ1n) is 34.1. The van der Waals surface area contributed by atoms with Crippen LogP contribution in [-0.4, -0.2) is 224 Å². The van der Waals surface area contributed by atoms with Crippen LogP contribution in [0.15, 0.2) is 48.5 Å². The monoisotopic (exact) mass is 1410 g/mol. The van der Waals surface area contributed by atoms with E-state index in [-0.39, 0.29) is 106 Å². The summed E-state index contributed by atoms with van der Waals surface area (Å²) < 4.78 is 11.2. The van der Waals surface area contributed by atoms with Gasteiger partial charge in [-0.05, 0) is 86.3 Å². The number of benzene rings is 2. The molecule has 3 aliphatic rings. The summed E-state index contributed by atoms with van der Waals surface area (Å²) in [6.07, 6.45) is 2.23. The van der Waals surface area contributed by atoms with Crippen molar-refractivity contribution in [3.63, 3.8) is 0 Å². The molecule has 0 aliphatic carbocycles. The molecule has 0 aromatic heterocycles. The summed E-state index contributed by atoms with van der Waals surface area (Å²) in [5.74, 6) is -6.36. The molecular weight excluding hydrogens is 1310 g/mol. The second-order valence-electron chi connectivity index (χ2n) is 25.0. The number of ketones is 3. The molecule has 2 saturated heterocycles. The lowest BCUT2D eigenvalue weighted by Gasteiger charge is -2.33. The van der Waals surface area contributed by atoms with Crippen molar-refractivity contribution in [1.29, 1.82) is 0 Å². The van der Waals surface area contributed by atoms with E-state index in [0.717, 1.165) is 29.5 Å². The topological polar surface area (TPSA) is 403 Å². The molecule has 0 radical (unpaired) electrons. The van der Waals surface area contributed by atoms with Crippen molar-refractivity contribution in [3.8, 4) is 0 Å². The van der Waals surface area contributed by atoms with Crippen LogP contribution in [0.25, 0.3) is 0 Å². The van der Waals surface area contributed by atoms with Crippen molar-refractivity contribution in [2.75, 3.05) is 103 Å². The zero-order valence-corrected chi connectivity index (χ0v) is 58.9. The molecule has 540 valence electrons. The van der Waals surface area contributed by atoms with E-state index in [4.69, 9.17) is 26.7 Å². The lowest BCUT2D eigenvalue weighted by molar-refractivity contribution is -0.148. The summed E-state index contributed by atoms with van der Waals surface area (Å²) in [5.41, 5.74) is 20.1. The minimum absolute atomic E-state index is 0.00290. The zero-order valence-electron chi connectivity index (χ0n) is 56.4. The Kier molecular flexibility index (Phi) is 38.4. The third-order valence-corrected chi connectivity index (χ3v) is 20.4. The number of nitrogens with zero attached hydrogens (tertiary/aromatic N) is 2. The molecule has 3 aliphatic heterocycles. The van der Waals surface area contributed by atoms with Gasteiger partial charge in [0.1, 0.15) is 36.6 Å². The van der Waals surface area contributed by atoms with Crippen molar-refractivity contribution >= 4 is 100.0 Å². The summed E-state index contributed by atoms with van der Waals surface area (Å²) in [6, 6.07) is 8.30. The molecule has 14 N–H and O–H groups in total. The van der Waals surface area contributed by atoms with E-state index in [2.05, 4.69) is 38.0 Å². The van der Waals surface area contributed by atoms with E-state index in [1.54, 1.807) is 47.0 Å². The molecular formula is C68H105N11O15S3. The lowest BCUT2D eigenvalue weighted by Crippen LogP contribution is -2.61. The molecule has 3 heterocycles. The molecule has 5 rings (SSSR count). The van der Waals surface area contributed by atoms with Gasteiger partial charge in [0, 0.05) is 120 Å². The minimum atomic E-state index is -1.67. The van der Waals surface area contributed by atoms with Crippen LogP contribution in [-0.2, 0) is 85.9 Å². The maximum absolute atomic E-state index is 14.9. The Bertz CT molecular complexity index is 2850. The number of aliphatic hydroxyl groups is 1. The Balaban J connectivity index is 1.34. The number of hydrogen-bond donors (Lipinski definition) is 11. The average molecular weight is 1410 g/mol. The number of unbranched alkanes of at least 4 members (excludes halogenated alkanes) is 2. The first kappa shape index (κ1) is 81.7. The fourth-order valence-electron chi connectivity index (χ4n) is 11.8. The maximum Gasteiger partial charge on any atom is 0.307 e. The Morgan fingerprint density at radius 3 is 2.01 bits per heavy atom. The van der Waals surface area contributed by atoms with Gasteiger partial charge in [-0.3, -0.25) is 52.7 Å². The van der Waals surface area contributed by atoms with E-state index >= 15 is 0 Å². The number of carbonyl (C=O) groups is 11. The SMILES string of the molecule is CCCCCC(=O)C[C@H]1CSCc2cc(CSCCCC(=O)COCCOCCNC(=O)C(CNCCN)CNCCN)cc(c2)CSC[C@@H](C(=O)O)CC(=O)[C@H](Cc2ccccc2)NC(=O)[C@H](CCC(N)=O)NC(=O)[C@H]([C@@H](C)O)NC(=O)[C@@H]2CCCN2C(=O)[C@@H]2CCCN2C1=O. The third kappa shape index (κ3) is 29.8. The number of ether oxygens (including phenoxy) is 2. The highest BCUT2D eigenvalue weighted by Gasteiger charge is 2.45. The van der Waals surface area contributed by atoms with Crippen LogP contribution in [0.5, 0.6) is 0 Å². The maximum atomic E-state index is 14.9. The largest absolute Gasteiger partial charge is 0.481 e. The van der Waals surface area contributed by atoms with Crippen LogP contribution in [0.4, 0.5) is 0 Å². The second-order valence-corrected chi connectivity index (χ2v) is 28.2. The van der Waals surface area contributed by atoms with Crippen LogP contribution in [0.2, 0.25) is 0 Å². The highest BCUT2D eigenvalue weighted by molar-refractivity contribution is 7.99. The van der Waals surface area contributed by atoms with Crippen LogP contribution in [0, 0.1) is 17.8 Å². The number of aliphatic hydroxyl groups excluding tert-OH is 1. The third-order valence-electron chi connectivity index (χ3n) is 17.0. The molecule has 97 heavy (non-hydrogen) atoms. The predicted molar refractivity (Wildman–Crippen MR) is 375 cm³/mol. The molecule has 0 spiro atoms. The first-order chi connectivity index (χ1) is 46.7. The summed E-state index contributed by atoms with van der Waals surface area (Å²) in [4.78, 5) is 154. The van der Waals surface area contributed by atoms with Gasteiger partial charge in [-0.25, -0.2) is 0 Å². The van der Waals surface area contributed by atoms with Gasteiger partial charge in [-0.15, -0.1) is 0 Å². The smallest absolute Gasteiger partial charge is 0.307 e. The number of fused-ring (bicyclic) bond motifs is 4. The van der Waals surface area contributed by atoms with Crippen LogP contribution >= 0.6 is 35.3 Å². The van der Waals surface area contributed by atoms with E-state index in [0.29, 0.717) is 119 Å². The Hall–Kier alpha value is -6.02. The molecule has 0 unspecified atom stereocenters. The van der Waals surface area contributed by atoms with Gasteiger partial charge < -0.3 is 78.6 Å². The zero-order chi connectivity index (χ0) is 70.5. The Morgan fingerprint density at radius 2 is 1.36 bits per heavy atom. The summed E-state index contributed by atoms with van der Waals surface area (Å²) >= 11 is 4.44. The molecule has 2 bridgehead atoms. The number of Topliss-reactive ketones (excluding diaryl/α,β-unsaturated/α-hetero) is 3. The number of rotatable bonds is 36. The molecule has 2 fully saturated rings. The second kappa shape index (κ2) is 45.6. The Labute approximate surface area is 583 Å². The molecule has 29 heteroatoms. The van der Waals surface area contributed by atoms with E-state index in [1.807, 2.05) is 19.1 Å². The van der Waals surface area contributed by atoms with Gasteiger partial charge in [-0.2, -0.15) is 35.3 Å². The number of aliphatic carboxylic acids is 1. The number of carbonyl (C=O) groups excluding carboxylic acids is 10. The lowest BCUT2D eigenvalue weighted by atomic mass is 9.95. The highest BCUT2D eigenvalue weighted by Crippen LogP contribution is 2.31. The summed E-state index contributed by atoms with van der Waals surface area (Å²) in [5, 5.41) is 38.6. The fraction of sp³-hybridized carbons (Fsp3) is 0.662. The van der Waals surface area contributed by atoms with Gasteiger partial charge >= 0.3 is 5.97 Å². The van der Waals surface area contributed by atoms with E-state index in [9.17, 15) is 63.0 Å². The summed E-state index contributed by atoms with van der Waals surface area (Å²) in [7, 11) is 0. The van der Waals surface area contributed by atoms with Gasteiger partial charge in [0.25, 0.3) is 0 Å². The van der Waals surface area contributed by atoms with Gasteiger partial charge in [0.2, 0.25) is 41.4 Å². The molecule has 8 atom stereocenters. The molecule has 2 aromatic rings. The number of thioether (sulfide) groups is 3. The average Bonchev–Trinajstić information content (AvgIpc) is 1.66. The van der Waals surface area contributed by atoms with E-state index < -0.39 is 102 Å². The quantitative estimate of drug-likeness (QED) is 0.0433. The predicted octanol–water partition coefficient (Wildman–Crippen LogP) is 1.75. The molecule has 2 aromatic carbocycles. The number of nitrogens with two attached hydrogens (primary N) is 3. The normalized spacial score (nSPS) is 21.6. The number of nitrogens with one attached hydrogen (secondary N) is 6. The minimum Gasteiger partial charge on any atom is -0.481 e. The number of carboxylic acid groups (broad SMARTS) is 1. The van der Waals surface area contributed by atoms with Crippen molar-refractivity contribution in [1.82, 2.24) is 41.7 Å². The van der Waals surface area contributed by atoms with Crippen LogP contribution in [0.3, 0.4) is 0 Å². The number of amides is 7. The van der Waals surface area contributed by atoms with Crippen LogP contribution in [0.1, 0.15) is 126 Å². The molecule has 0 saturated carbocycles. The number of primary amides is 1.